The van der Waals surface area contributed by atoms with Gasteiger partial charge in [0.15, 0.2) is 5.96 Å². The fraction of sp³-hybridized carbons (Fsp3) is 0.471. The third-order valence-electron chi connectivity index (χ3n) is 3.58. The zero-order valence-corrected chi connectivity index (χ0v) is 13.7. The summed E-state index contributed by atoms with van der Waals surface area (Å²) < 4.78 is 5.30. The molecule has 0 fully saturated rings. The molecule has 0 saturated carbocycles. The summed E-state index contributed by atoms with van der Waals surface area (Å²) in [5.74, 6) is 0.815. The van der Waals surface area contributed by atoms with Crippen LogP contribution in [0.4, 0.5) is 0 Å². The number of nitrogens with one attached hydrogen (secondary N) is 3. The van der Waals surface area contributed by atoms with Crippen LogP contribution in [0.1, 0.15) is 18.1 Å². The predicted octanol–water partition coefficient (Wildman–Crippen LogP) is 2.22. The maximum atomic E-state index is 5.30. The van der Waals surface area contributed by atoms with Crippen LogP contribution >= 0.6 is 0 Å². The van der Waals surface area contributed by atoms with E-state index in [9.17, 15) is 0 Å². The summed E-state index contributed by atoms with van der Waals surface area (Å²) >= 11 is 0. The first kappa shape index (κ1) is 16.4. The Labute approximate surface area is 132 Å². The first-order valence-electron chi connectivity index (χ1n) is 7.83. The minimum atomic E-state index is 0.693. The Morgan fingerprint density at radius 1 is 1.27 bits per heavy atom. The van der Waals surface area contributed by atoms with Crippen LogP contribution < -0.4 is 10.6 Å². The fourth-order valence-electron chi connectivity index (χ4n) is 2.43. The molecule has 5 heteroatoms. The fourth-order valence-corrected chi connectivity index (χ4v) is 2.43. The third kappa shape index (κ3) is 4.49. The topological polar surface area (TPSA) is 61.4 Å². The minimum Gasteiger partial charge on any atom is -0.380 e. The van der Waals surface area contributed by atoms with E-state index in [-0.39, 0.29) is 0 Å². The van der Waals surface area contributed by atoms with Gasteiger partial charge in [0.2, 0.25) is 0 Å². The Hall–Kier alpha value is -2.01. The number of guanidine groups is 1. The number of aromatic nitrogens is 1. The Morgan fingerprint density at radius 2 is 2.09 bits per heavy atom. The number of aromatic amines is 1. The molecule has 2 rings (SSSR count). The van der Waals surface area contributed by atoms with Crippen molar-refractivity contribution in [1.29, 1.82) is 0 Å². The standard InChI is InChI=1S/C17H26N4O/c1-4-22-10-9-20-17(18-3)19-8-7-14-12-21-16-11-13(2)5-6-15(14)16/h5-6,11-12,21H,4,7-10H2,1-3H3,(H2,18,19,20). The van der Waals surface area contributed by atoms with Crippen molar-refractivity contribution in [2.45, 2.75) is 20.3 Å². The Morgan fingerprint density at radius 3 is 2.86 bits per heavy atom. The van der Waals surface area contributed by atoms with Crippen molar-refractivity contribution in [3.63, 3.8) is 0 Å². The first-order valence-corrected chi connectivity index (χ1v) is 7.83. The van der Waals surface area contributed by atoms with Crippen LogP contribution in [-0.2, 0) is 11.2 Å². The molecular formula is C17H26N4O. The van der Waals surface area contributed by atoms with Crippen LogP contribution in [0.5, 0.6) is 0 Å². The van der Waals surface area contributed by atoms with Crippen molar-refractivity contribution in [3.05, 3.63) is 35.5 Å². The molecule has 0 bridgehead atoms. The Balaban J connectivity index is 1.81. The molecule has 1 heterocycles. The lowest BCUT2D eigenvalue weighted by molar-refractivity contribution is 0.152. The molecule has 0 saturated heterocycles. The van der Waals surface area contributed by atoms with E-state index in [2.05, 4.69) is 51.9 Å². The van der Waals surface area contributed by atoms with Gasteiger partial charge in [-0.1, -0.05) is 12.1 Å². The van der Waals surface area contributed by atoms with Gasteiger partial charge in [0.1, 0.15) is 0 Å². The molecule has 120 valence electrons. The molecule has 0 aliphatic rings. The van der Waals surface area contributed by atoms with E-state index in [0.717, 1.165) is 32.1 Å². The van der Waals surface area contributed by atoms with E-state index < -0.39 is 0 Å². The molecule has 5 nitrogen and oxygen atoms in total. The predicted molar refractivity (Wildman–Crippen MR) is 92.6 cm³/mol. The van der Waals surface area contributed by atoms with Gasteiger partial charge < -0.3 is 20.4 Å². The molecule has 1 aromatic heterocycles. The molecule has 0 atom stereocenters. The van der Waals surface area contributed by atoms with Crippen molar-refractivity contribution in [2.24, 2.45) is 4.99 Å². The van der Waals surface area contributed by atoms with Crippen LogP contribution in [0.25, 0.3) is 10.9 Å². The number of hydrogen-bond donors (Lipinski definition) is 3. The van der Waals surface area contributed by atoms with Gasteiger partial charge in [-0.05, 0) is 37.5 Å². The molecule has 0 unspecified atom stereocenters. The lowest BCUT2D eigenvalue weighted by atomic mass is 10.1. The molecule has 0 spiro atoms. The summed E-state index contributed by atoms with van der Waals surface area (Å²) in [5.41, 5.74) is 3.81. The lowest BCUT2D eigenvalue weighted by Crippen LogP contribution is -2.39. The highest BCUT2D eigenvalue weighted by Gasteiger charge is 2.04. The third-order valence-corrected chi connectivity index (χ3v) is 3.58. The van der Waals surface area contributed by atoms with Crippen molar-refractivity contribution in [1.82, 2.24) is 15.6 Å². The van der Waals surface area contributed by atoms with Gasteiger partial charge >= 0.3 is 0 Å². The Bertz CT molecular complexity index is 618. The summed E-state index contributed by atoms with van der Waals surface area (Å²) in [6.07, 6.45) is 3.05. The molecule has 0 aliphatic heterocycles. The van der Waals surface area contributed by atoms with Gasteiger partial charge in [-0.15, -0.1) is 0 Å². The number of fused-ring (bicyclic) bond motifs is 1. The summed E-state index contributed by atoms with van der Waals surface area (Å²) in [6.45, 7) is 7.15. The quantitative estimate of drug-likeness (QED) is 0.417. The molecule has 0 aliphatic carbocycles. The smallest absolute Gasteiger partial charge is 0.191 e. The second kappa shape index (κ2) is 8.44. The van der Waals surface area contributed by atoms with Crippen molar-refractivity contribution < 1.29 is 4.74 Å². The summed E-state index contributed by atoms with van der Waals surface area (Å²) in [5, 5.41) is 7.86. The van der Waals surface area contributed by atoms with Gasteiger partial charge in [0, 0.05) is 43.8 Å². The van der Waals surface area contributed by atoms with Crippen LogP contribution in [0.15, 0.2) is 29.4 Å². The second-order valence-electron chi connectivity index (χ2n) is 5.24. The molecule has 2 aromatic rings. The van der Waals surface area contributed by atoms with E-state index in [4.69, 9.17) is 4.74 Å². The zero-order chi connectivity index (χ0) is 15.8. The number of nitrogens with zero attached hydrogens (tertiary/aromatic N) is 1. The number of hydrogen-bond acceptors (Lipinski definition) is 2. The number of benzene rings is 1. The monoisotopic (exact) mass is 302 g/mol. The largest absolute Gasteiger partial charge is 0.380 e. The van der Waals surface area contributed by atoms with Crippen LogP contribution in [0.2, 0.25) is 0 Å². The van der Waals surface area contributed by atoms with Crippen LogP contribution in [0, 0.1) is 6.92 Å². The van der Waals surface area contributed by atoms with Crippen LogP contribution in [-0.4, -0.2) is 44.3 Å². The van der Waals surface area contributed by atoms with Crippen molar-refractivity contribution in [3.8, 4) is 0 Å². The highest BCUT2D eigenvalue weighted by atomic mass is 16.5. The molecule has 0 radical (unpaired) electrons. The molecule has 3 N–H and O–H groups in total. The highest BCUT2D eigenvalue weighted by Crippen LogP contribution is 2.19. The molecular weight excluding hydrogens is 276 g/mol. The second-order valence-corrected chi connectivity index (χ2v) is 5.24. The number of aliphatic imine (C=N–C) groups is 1. The number of H-pyrrole nitrogens is 1. The SMILES string of the molecule is CCOCCNC(=NC)NCCc1c[nH]c2cc(C)ccc12. The van der Waals surface area contributed by atoms with Crippen molar-refractivity contribution >= 4 is 16.9 Å². The normalized spacial score (nSPS) is 11.9. The lowest BCUT2D eigenvalue weighted by Gasteiger charge is -2.11. The van der Waals surface area contributed by atoms with E-state index in [1.807, 2.05) is 6.92 Å². The first-order chi connectivity index (χ1) is 10.7. The zero-order valence-electron chi connectivity index (χ0n) is 13.7. The maximum Gasteiger partial charge on any atom is 0.191 e. The number of rotatable bonds is 7. The minimum absolute atomic E-state index is 0.693. The Kier molecular flexibility index (Phi) is 6.27. The maximum absolute atomic E-state index is 5.30. The number of ether oxygens (including phenoxy) is 1. The average molecular weight is 302 g/mol. The van der Waals surface area contributed by atoms with E-state index >= 15 is 0 Å². The van der Waals surface area contributed by atoms with Gasteiger partial charge in [-0.2, -0.15) is 0 Å². The van der Waals surface area contributed by atoms with E-state index in [1.165, 1.54) is 22.0 Å². The van der Waals surface area contributed by atoms with Gasteiger partial charge in [0.25, 0.3) is 0 Å². The van der Waals surface area contributed by atoms with E-state index in [0.29, 0.717) is 6.61 Å². The van der Waals surface area contributed by atoms with Crippen LogP contribution in [0.3, 0.4) is 0 Å². The number of aryl methyl sites for hydroxylation is 1. The van der Waals surface area contributed by atoms with Gasteiger partial charge in [-0.3, -0.25) is 4.99 Å². The van der Waals surface area contributed by atoms with Gasteiger partial charge in [-0.25, -0.2) is 0 Å². The molecule has 1 aromatic carbocycles. The summed E-state index contributed by atoms with van der Waals surface area (Å²) in [7, 11) is 1.78. The summed E-state index contributed by atoms with van der Waals surface area (Å²) in [4.78, 5) is 7.55. The van der Waals surface area contributed by atoms with E-state index in [1.54, 1.807) is 7.05 Å². The molecule has 22 heavy (non-hydrogen) atoms. The summed E-state index contributed by atoms with van der Waals surface area (Å²) in [6, 6.07) is 6.52. The average Bonchev–Trinajstić information content (AvgIpc) is 2.92. The highest BCUT2D eigenvalue weighted by molar-refractivity contribution is 5.84. The van der Waals surface area contributed by atoms with Gasteiger partial charge in [0.05, 0.1) is 6.61 Å². The molecule has 0 amide bonds. The van der Waals surface area contributed by atoms with Crippen molar-refractivity contribution in [2.75, 3.05) is 33.4 Å².